The van der Waals surface area contributed by atoms with Crippen LogP contribution in [0.1, 0.15) is 71.6 Å². The van der Waals surface area contributed by atoms with Gasteiger partial charge in [0.25, 0.3) is 5.91 Å². The average molecular weight is 569 g/mol. The van der Waals surface area contributed by atoms with Crippen molar-refractivity contribution in [1.82, 2.24) is 15.2 Å². The van der Waals surface area contributed by atoms with Gasteiger partial charge in [0.2, 0.25) is 5.91 Å². The second-order valence-electron chi connectivity index (χ2n) is 12.4. The molecule has 1 fully saturated rings. The number of ether oxygens (including phenoxy) is 2. The van der Waals surface area contributed by atoms with Crippen LogP contribution in [0.15, 0.2) is 48.8 Å². The van der Waals surface area contributed by atoms with E-state index in [1.807, 2.05) is 24.3 Å². The van der Waals surface area contributed by atoms with E-state index in [0.717, 1.165) is 5.56 Å². The van der Waals surface area contributed by atoms with Crippen molar-refractivity contribution in [3.8, 4) is 0 Å². The predicted octanol–water partition coefficient (Wildman–Crippen LogP) is 3.98. The Labute approximate surface area is 243 Å². The third kappa shape index (κ3) is 8.50. The number of rotatable bonds is 9. The zero-order chi connectivity index (χ0) is 30.4. The standard InChI is InChI=1S/C31H44N4O6/c1-30(2,3)22-11-13-23(14-12-22)35(26(21-10-8-15-32-19-21)27(37)33-16-9-17-40-7)28(38)25-18-24(36)20-34(25)29(39)41-31(4,5)6/h8,10-15,19,24-26,36H,9,16-18,20H2,1-7H3,(H,33,37)/t24-,25-,26-/m1/s1. The molecule has 0 radical (unpaired) electrons. The van der Waals surface area contributed by atoms with E-state index in [-0.39, 0.29) is 18.4 Å². The van der Waals surface area contributed by atoms with E-state index in [0.29, 0.717) is 30.8 Å². The molecule has 0 bridgehead atoms. The number of pyridine rings is 1. The van der Waals surface area contributed by atoms with Crippen LogP contribution < -0.4 is 10.2 Å². The van der Waals surface area contributed by atoms with Gasteiger partial charge in [-0.1, -0.05) is 39.0 Å². The summed E-state index contributed by atoms with van der Waals surface area (Å²) in [4.78, 5) is 48.3. The monoisotopic (exact) mass is 568 g/mol. The third-order valence-corrected chi connectivity index (χ3v) is 6.77. The zero-order valence-electron chi connectivity index (χ0n) is 25.2. The van der Waals surface area contributed by atoms with Crippen LogP contribution in [0.5, 0.6) is 0 Å². The Morgan fingerprint density at radius 3 is 2.37 bits per heavy atom. The Morgan fingerprint density at radius 2 is 1.80 bits per heavy atom. The van der Waals surface area contributed by atoms with Gasteiger partial charge >= 0.3 is 6.09 Å². The van der Waals surface area contributed by atoms with Crippen molar-refractivity contribution in [2.24, 2.45) is 0 Å². The fourth-order valence-electron chi connectivity index (χ4n) is 4.74. The fraction of sp³-hybridized carbons (Fsp3) is 0.548. The summed E-state index contributed by atoms with van der Waals surface area (Å²) in [5.74, 6) is -0.901. The summed E-state index contributed by atoms with van der Waals surface area (Å²) in [5, 5.41) is 13.5. The first-order valence-corrected chi connectivity index (χ1v) is 14.0. The molecule has 2 aromatic rings. The molecule has 1 saturated heterocycles. The largest absolute Gasteiger partial charge is 0.444 e. The maximum atomic E-state index is 14.5. The molecule has 1 aromatic heterocycles. The number of aliphatic hydroxyl groups is 1. The van der Waals surface area contributed by atoms with Gasteiger partial charge in [0.05, 0.1) is 12.6 Å². The van der Waals surface area contributed by atoms with Gasteiger partial charge in [-0.25, -0.2) is 4.79 Å². The molecule has 3 rings (SSSR count). The molecule has 1 aromatic carbocycles. The van der Waals surface area contributed by atoms with Crippen molar-refractivity contribution >= 4 is 23.6 Å². The number of anilines is 1. The summed E-state index contributed by atoms with van der Waals surface area (Å²) < 4.78 is 10.7. The lowest BCUT2D eigenvalue weighted by atomic mass is 9.87. The maximum Gasteiger partial charge on any atom is 0.411 e. The number of carbonyl (C=O) groups is 3. The zero-order valence-corrected chi connectivity index (χ0v) is 25.2. The summed E-state index contributed by atoms with van der Waals surface area (Å²) in [7, 11) is 1.59. The minimum absolute atomic E-state index is 0.0177. The molecule has 10 nitrogen and oxygen atoms in total. The molecule has 1 aliphatic rings. The molecular weight excluding hydrogens is 524 g/mol. The fourth-order valence-corrected chi connectivity index (χ4v) is 4.74. The lowest BCUT2D eigenvalue weighted by Gasteiger charge is -2.36. The highest BCUT2D eigenvalue weighted by molar-refractivity contribution is 6.04. The van der Waals surface area contributed by atoms with E-state index in [9.17, 15) is 19.5 Å². The van der Waals surface area contributed by atoms with Crippen LogP contribution in [0.4, 0.5) is 10.5 Å². The Hall–Kier alpha value is -3.50. The van der Waals surface area contributed by atoms with E-state index in [1.54, 1.807) is 52.4 Å². The van der Waals surface area contributed by atoms with E-state index in [4.69, 9.17) is 9.47 Å². The van der Waals surface area contributed by atoms with Gasteiger partial charge in [-0.05, 0) is 56.4 Å². The maximum absolute atomic E-state index is 14.5. The topological polar surface area (TPSA) is 121 Å². The van der Waals surface area contributed by atoms with Gasteiger partial charge in [0.15, 0.2) is 0 Å². The number of benzene rings is 1. The highest BCUT2D eigenvalue weighted by Crippen LogP contribution is 2.33. The summed E-state index contributed by atoms with van der Waals surface area (Å²) >= 11 is 0. The van der Waals surface area contributed by atoms with Gasteiger partial charge in [-0.3, -0.25) is 24.4 Å². The first-order chi connectivity index (χ1) is 19.2. The van der Waals surface area contributed by atoms with Gasteiger partial charge in [-0.15, -0.1) is 0 Å². The van der Waals surface area contributed by atoms with Crippen molar-refractivity contribution < 1.29 is 29.0 Å². The second-order valence-corrected chi connectivity index (χ2v) is 12.4. The molecule has 0 unspecified atom stereocenters. The van der Waals surface area contributed by atoms with Gasteiger partial charge in [0, 0.05) is 50.3 Å². The number of hydrogen-bond acceptors (Lipinski definition) is 7. The molecule has 41 heavy (non-hydrogen) atoms. The molecule has 10 heteroatoms. The molecule has 0 spiro atoms. The Kier molecular flexibility index (Phi) is 10.5. The molecule has 0 saturated carbocycles. The molecule has 2 heterocycles. The lowest BCUT2D eigenvalue weighted by Crippen LogP contribution is -2.52. The summed E-state index contributed by atoms with van der Waals surface area (Å²) in [6, 6.07) is 8.80. The van der Waals surface area contributed by atoms with E-state index < -0.39 is 41.7 Å². The molecular formula is C31H44N4O6. The number of β-amino-alcohol motifs (C(OH)–C–C–N with tert-alkyl or cyclic N) is 1. The number of nitrogens with zero attached hydrogens (tertiary/aromatic N) is 3. The second kappa shape index (κ2) is 13.4. The Morgan fingerprint density at radius 1 is 1.12 bits per heavy atom. The average Bonchev–Trinajstić information content (AvgIpc) is 3.30. The van der Waals surface area contributed by atoms with E-state index in [1.165, 1.54) is 9.80 Å². The van der Waals surface area contributed by atoms with E-state index >= 15 is 0 Å². The first-order valence-electron chi connectivity index (χ1n) is 14.0. The normalized spacial score (nSPS) is 18.1. The number of methoxy groups -OCH3 is 1. The highest BCUT2D eigenvalue weighted by Gasteiger charge is 2.45. The van der Waals surface area contributed by atoms with Crippen LogP contribution in [0.3, 0.4) is 0 Å². The lowest BCUT2D eigenvalue weighted by molar-refractivity contribution is -0.128. The van der Waals surface area contributed by atoms with Crippen LogP contribution in [0.25, 0.3) is 0 Å². The SMILES string of the molecule is COCCCNC(=O)[C@@H](c1cccnc1)N(C(=O)[C@H]1C[C@@H](O)CN1C(=O)OC(C)(C)C)c1ccc(C(C)(C)C)cc1. The number of amides is 3. The number of likely N-dealkylation sites (tertiary alicyclic amines) is 1. The van der Waals surface area contributed by atoms with Crippen molar-refractivity contribution in [1.29, 1.82) is 0 Å². The minimum Gasteiger partial charge on any atom is -0.444 e. The van der Waals surface area contributed by atoms with Crippen LogP contribution in [0, 0.1) is 0 Å². The number of aromatic nitrogens is 1. The Balaban J connectivity index is 2.10. The molecule has 2 N–H and O–H groups in total. The van der Waals surface area contributed by atoms with Gasteiger partial charge in [-0.2, -0.15) is 0 Å². The number of aliphatic hydroxyl groups excluding tert-OH is 1. The van der Waals surface area contributed by atoms with Gasteiger partial charge in [0.1, 0.15) is 17.7 Å². The summed E-state index contributed by atoms with van der Waals surface area (Å²) in [6.07, 6.45) is 2.15. The third-order valence-electron chi connectivity index (χ3n) is 6.77. The van der Waals surface area contributed by atoms with Crippen LogP contribution in [-0.2, 0) is 24.5 Å². The summed E-state index contributed by atoms with van der Waals surface area (Å²) in [5.41, 5.74) is 1.13. The minimum atomic E-state index is -1.09. The first kappa shape index (κ1) is 32.0. The van der Waals surface area contributed by atoms with E-state index in [2.05, 4.69) is 31.1 Å². The molecule has 3 amide bonds. The number of hydrogen-bond donors (Lipinski definition) is 2. The number of nitrogens with one attached hydrogen (secondary N) is 1. The highest BCUT2D eigenvalue weighted by atomic mass is 16.6. The van der Waals surface area contributed by atoms with Crippen LogP contribution in [0.2, 0.25) is 0 Å². The smallest absolute Gasteiger partial charge is 0.411 e. The van der Waals surface area contributed by atoms with Crippen molar-refractivity contribution in [2.75, 3.05) is 31.7 Å². The molecule has 3 atom stereocenters. The summed E-state index contributed by atoms with van der Waals surface area (Å²) in [6.45, 7) is 12.3. The van der Waals surface area contributed by atoms with Crippen LogP contribution >= 0.6 is 0 Å². The number of carbonyl (C=O) groups excluding carboxylic acids is 3. The van der Waals surface area contributed by atoms with Crippen LogP contribution in [-0.4, -0.2) is 77.5 Å². The van der Waals surface area contributed by atoms with Gasteiger partial charge < -0.3 is 19.9 Å². The molecule has 0 aliphatic carbocycles. The quantitative estimate of drug-likeness (QED) is 0.439. The van der Waals surface area contributed by atoms with Crippen molar-refractivity contribution in [3.05, 3.63) is 59.9 Å². The van der Waals surface area contributed by atoms with Crippen molar-refractivity contribution in [2.45, 2.75) is 83.6 Å². The van der Waals surface area contributed by atoms with Crippen molar-refractivity contribution in [3.63, 3.8) is 0 Å². The molecule has 224 valence electrons. The Bertz CT molecular complexity index is 1170. The predicted molar refractivity (Wildman–Crippen MR) is 156 cm³/mol. The molecule has 1 aliphatic heterocycles.